The highest BCUT2D eigenvalue weighted by Gasteiger charge is 2.23. The normalized spacial score (nSPS) is 19.0. The highest BCUT2D eigenvalue weighted by atomic mass is 16.5. The molecule has 116 valence electrons. The van der Waals surface area contributed by atoms with E-state index in [9.17, 15) is 4.79 Å². The molecule has 0 spiro atoms. The summed E-state index contributed by atoms with van der Waals surface area (Å²) in [4.78, 5) is 16.1. The monoisotopic (exact) mass is 293 g/mol. The molecule has 0 bridgehead atoms. The van der Waals surface area contributed by atoms with Gasteiger partial charge in [-0.15, -0.1) is 0 Å². The zero-order valence-corrected chi connectivity index (χ0v) is 12.6. The van der Waals surface area contributed by atoms with Crippen molar-refractivity contribution in [1.29, 1.82) is 0 Å². The lowest BCUT2D eigenvalue weighted by atomic mass is 10.1. The fourth-order valence-electron chi connectivity index (χ4n) is 2.35. The molecule has 1 aliphatic rings. The highest BCUT2D eigenvalue weighted by Crippen LogP contribution is 2.16. The number of carbonyl (C=O) groups is 1. The lowest BCUT2D eigenvalue weighted by Gasteiger charge is -2.20. The number of carbonyl (C=O) groups excluding carboxylic acids is 1. The minimum Gasteiger partial charge on any atom is -0.478 e. The maximum atomic E-state index is 11.9. The van der Waals surface area contributed by atoms with Gasteiger partial charge in [-0.1, -0.05) is 6.07 Å². The first-order valence-corrected chi connectivity index (χ1v) is 7.43. The van der Waals surface area contributed by atoms with Crippen LogP contribution in [0.1, 0.15) is 32.3 Å². The summed E-state index contributed by atoms with van der Waals surface area (Å²) in [5, 5.41) is 5.73. The lowest BCUT2D eigenvalue weighted by Crippen LogP contribution is -2.45. The third-order valence-electron chi connectivity index (χ3n) is 3.45. The molecule has 1 aromatic rings. The van der Waals surface area contributed by atoms with Crippen molar-refractivity contribution in [3.05, 3.63) is 23.9 Å². The second-order valence-electron chi connectivity index (χ2n) is 5.07. The number of aromatic nitrogens is 1. The number of nitrogens with zero attached hydrogens (tertiary/aromatic N) is 1. The van der Waals surface area contributed by atoms with E-state index in [1.807, 2.05) is 26.0 Å². The topological polar surface area (TPSA) is 72.5 Å². The van der Waals surface area contributed by atoms with Crippen LogP contribution >= 0.6 is 0 Å². The van der Waals surface area contributed by atoms with E-state index in [0.717, 1.165) is 25.0 Å². The number of rotatable bonds is 6. The molecule has 1 saturated heterocycles. The molecule has 2 rings (SSSR count). The second-order valence-corrected chi connectivity index (χ2v) is 5.07. The molecule has 2 atom stereocenters. The Morgan fingerprint density at radius 3 is 3.19 bits per heavy atom. The van der Waals surface area contributed by atoms with Gasteiger partial charge in [-0.05, 0) is 32.8 Å². The molecule has 2 N–H and O–H groups in total. The third-order valence-corrected chi connectivity index (χ3v) is 3.45. The van der Waals surface area contributed by atoms with Crippen LogP contribution in [-0.2, 0) is 11.3 Å². The molecule has 21 heavy (non-hydrogen) atoms. The number of ether oxygens (including phenoxy) is 2. The van der Waals surface area contributed by atoms with E-state index in [-0.39, 0.29) is 18.2 Å². The lowest BCUT2D eigenvalue weighted by molar-refractivity contribution is 0.0860. The van der Waals surface area contributed by atoms with Gasteiger partial charge in [-0.25, -0.2) is 9.78 Å². The summed E-state index contributed by atoms with van der Waals surface area (Å²) in [5.41, 5.74) is 0.860. The summed E-state index contributed by atoms with van der Waals surface area (Å²) in [6, 6.07) is 3.52. The third kappa shape index (κ3) is 4.60. The van der Waals surface area contributed by atoms with Crippen LogP contribution in [0.15, 0.2) is 18.3 Å². The number of urea groups is 1. The average molecular weight is 293 g/mol. The van der Waals surface area contributed by atoms with Crippen molar-refractivity contribution in [2.75, 3.05) is 13.2 Å². The minimum absolute atomic E-state index is 0.00719. The standard InChI is InChI=1S/C15H23N3O3/c1-3-20-14-12(6-4-8-16-14)10-17-15(19)18-11(2)13-7-5-9-21-13/h4,6,8,11,13H,3,5,7,9-10H2,1-2H3,(H2,17,18,19). The molecule has 2 unspecified atom stereocenters. The summed E-state index contributed by atoms with van der Waals surface area (Å²) in [6.07, 6.45) is 3.85. The molecular formula is C15H23N3O3. The number of hydrogen-bond acceptors (Lipinski definition) is 4. The quantitative estimate of drug-likeness (QED) is 0.839. The summed E-state index contributed by atoms with van der Waals surface area (Å²) in [6.45, 7) is 5.58. The summed E-state index contributed by atoms with van der Waals surface area (Å²) < 4.78 is 11.0. The Bertz CT molecular complexity index is 461. The van der Waals surface area contributed by atoms with Crippen molar-refractivity contribution in [3.8, 4) is 5.88 Å². The van der Waals surface area contributed by atoms with E-state index in [1.165, 1.54) is 0 Å². The molecule has 1 aromatic heterocycles. The van der Waals surface area contributed by atoms with Gasteiger partial charge >= 0.3 is 6.03 Å². The Hall–Kier alpha value is -1.82. The Morgan fingerprint density at radius 2 is 2.48 bits per heavy atom. The smallest absolute Gasteiger partial charge is 0.315 e. The molecule has 0 aromatic carbocycles. The molecule has 2 amide bonds. The molecule has 1 fully saturated rings. The number of amides is 2. The van der Waals surface area contributed by atoms with Crippen LogP contribution in [0.5, 0.6) is 5.88 Å². The molecule has 0 saturated carbocycles. The highest BCUT2D eigenvalue weighted by molar-refractivity contribution is 5.74. The van der Waals surface area contributed by atoms with Gasteiger partial charge in [0.2, 0.25) is 5.88 Å². The molecule has 6 nitrogen and oxygen atoms in total. The van der Waals surface area contributed by atoms with Crippen molar-refractivity contribution >= 4 is 6.03 Å². The zero-order chi connectivity index (χ0) is 15.1. The van der Waals surface area contributed by atoms with Gasteiger partial charge in [0.05, 0.1) is 18.8 Å². The van der Waals surface area contributed by atoms with Gasteiger partial charge in [0, 0.05) is 24.9 Å². The van der Waals surface area contributed by atoms with Crippen molar-refractivity contribution in [3.63, 3.8) is 0 Å². The van der Waals surface area contributed by atoms with E-state index in [0.29, 0.717) is 19.0 Å². The number of pyridine rings is 1. The molecule has 1 aliphatic heterocycles. The first-order chi connectivity index (χ1) is 10.2. The van der Waals surface area contributed by atoms with Crippen LogP contribution in [0.2, 0.25) is 0 Å². The molecular weight excluding hydrogens is 270 g/mol. The molecule has 6 heteroatoms. The number of hydrogen-bond donors (Lipinski definition) is 2. The number of nitrogens with one attached hydrogen (secondary N) is 2. The fourth-order valence-corrected chi connectivity index (χ4v) is 2.35. The van der Waals surface area contributed by atoms with Crippen molar-refractivity contribution in [1.82, 2.24) is 15.6 Å². The van der Waals surface area contributed by atoms with Crippen LogP contribution in [0.3, 0.4) is 0 Å². The van der Waals surface area contributed by atoms with Crippen LogP contribution in [0, 0.1) is 0 Å². The van der Waals surface area contributed by atoms with Crippen LogP contribution in [0.4, 0.5) is 4.79 Å². The van der Waals surface area contributed by atoms with Gasteiger partial charge in [-0.3, -0.25) is 0 Å². The van der Waals surface area contributed by atoms with E-state index >= 15 is 0 Å². The maximum absolute atomic E-state index is 11.9. The Balaban J connectivity index is 1.80. The summed E-state index contributed by atoms with van der Waals surface area (Å²) >= 11 is 0. The van der Waals surface area contributed by atoms with E-state index in [4.69, 9.17) is 9.47 Å². The van der Waals surface area contributed by atoms with Gasteiger partial charge < -0.3 is 20.1 Å². The zero-order valence-electron chi connectivity index (χ0n) is 12.6. The largest absolute Gasteiger partial charge is 0.478 e. The Labute approximate surface area is 125 Å². The Morgan fingerprint density at radius 1 is 1.62 bits per heavy atom. The average Bonchev–Trinajstić information content (AvgIpc) is 3.01. The van der Waals surface area contributed by atoms with Crippen LogP contribution < -0.4 is 15.4 Å². The fraction of sp³-hybridized carbons (Fsp3) is 0.600. The Kier molecular flexibility index (Phi) is 5.80. The predicted octanol–water partition coefficient (Wildman–Crippen LogP) is 1.85. The minimum atomic E-state index is -0.204. The SMILES string of the molecule is CCOc1ncccc1CNC(=O)NC(C)C1CCCO1. The van der Waals surface area contributed by atoms with Crippen LogP contribution in [-0.4, -0.2) is 36.4 Å². The molecule has 0 aliphatic carbocycles. The molecule has 2 heterocycles. The van der Waals surface area contributed by atoms with E-state index < -0.39 is 0 Å². The maximum Gasteiger partial charge on any atom is 0.315 e. The first-order valence-electron chi connectivity index (χ1n) is 7.43. The van der Waals surface area contributed by atoms with Gasteiger partial charge in [0.1, 0.15) is 0 Å². The molecule has 0 radical (unpaired) electrons. The van der Waals surface area contributed by atoms with Gasteiger partial charge in [0.15, 0.2) is 0 Å². The van der Waals surface area contributed by atoms with E-state index in [2.05, 4.69) is 15.6 Å². The predicted molar refractivity (Wildman–Crippen MR) is 79.2 cm³/mol. The van der Waals surface area contributed by atoms with E-state index in [1.54, 1.807) is 6.20 Å². The van der Waals surface area contributed by atoms with Gasteiger partial charge in [-0.2, -0.15) is 0 Å². The van der Waals surface area contributed by atoms with Gasteiger partial charge in [0.25, 0.3) is 0 Å². The van der Waals surface area contributed by atoms with Crippen molar-refractivity contribution in [2.45, 2.75) is 45.4 Å². The van der Waals surface area contributed by atoms with Crippen LogP contribution in [0.25, 0.3) is 0 Å². The summed E-state index contributed by atoms with van der Waals surface area (Å²) in [5.74, 6) is 0.562. The summed E-state index contributed by atoms with van der Waals surface area (Å²) in [7, 11) is 0. The first kappa shape index (κ1) is 15.6. The van der Waals surface area contributed by atoms with Crippen molar-refractivity contribution < 1.29 is 14.3 Å². The van der Waals surface area contributed by atoms with Crippen molar-refractivity contribution in [2.24, 2.45) is 0 Å². The second kappa shape index (κ2) is 7.83.